The van der Waals surface area contributed by atoms with Crippen molar-refractivity contribution in [2.24, 2.45) is 5.92 Å². The second-order valence-electron chi connectivity index (χ2n) is 10.9. The lowest BCUT2D eigenvalue weighted by molar-refractivity contribution is -0.134. The average molecular weight is 566 g/mol. The van der Waals surface area contributed by atoms with Crippen molar-refractivity contribution in [1.82, 2.24) is 10.2 Å². The van der Waals surface area contributed by atoms with Gasteiger partial charge in [-0.05, 0) is 61.6 Å². The van der Waals surface area contributed by atoms with E-state index in [0.717, 1.165) is 5.56 Å². The maximum atomic E-state index is 13.5. The van der Waals surface area contributed by atoms with Crippen molar-refractivity contribution in [2.75, 3.05) is 39.0 Å². The van der Waals surface area contributed by atoms with E-state index in [1.54, 1.807) is 30.1 Å². The molecule has 2 saturated heterocycles. The van der Waals surface area contributed by atoms with E-state index >= 15 is 0 Å². The van der Waals surface area contributed by atoms with Crippen LogP contribution in [0.4, 0.5) is 5.69 Å². The summed E-state index contributed by atoms with van der Waals surface area (Å²) in [7, 11) is 1.77. The third-order valence-electron chi connectivity index (χ3n) is 8.21. The average Bonchev–Trinajstić information content (AvgIpc) is 3.47. The standard InChI is InChI=1S/C30H35N3O8/c1-33-23-5-4-21(14-28(34)31-15-18-2-6-25-26(12-18)40-17-39-25)41-27(23)16-38-24-7-3-20(13-22(24)30(33)36)32-29(35)19-8-10-37-11-9-19/h2-3,6-7,12-13,19,21,23,27H,4-5,8-11,14-17H2,1H3,(H,31,34)(H,32,35)/t21-,23-,27-/m1/s1. The van der Waals surface area contributed by atoms with Gasteiger partial charge in [0.05, 0.1) is 24.1 Å². The predicted molar refractivity (Wildman–Crippen MR) is 147 cm³/mol. The summed E-state index contributed by atoms with van der Waals surface area (Å²) in [6, 6.07) is 10.6. The van der Waals surface area contributed by atoms with Crippen LogP contribution in [-0.2, 0) is 25.6 Å². The molecule has 2 aromatic carbocycles. The number of fused-ring (bicyclic) bond motifs is 3. The Kier molecular flexibility index (Phi) is 7.97. The molecule has 0 aromatic heterocycles. The SMILES string of the molecule is CN1C(=O)c2cc(NC(=O)C3CCOCC3)ccc2OC[C@H]2O[C@@H](CC(=O)NCc3ccc4c(c3)OCO4)CC[C@H]21. The van der Waals surface area contributed by atoms with Crippen LogP contribution in [0.3, 0.4) is 0 Å². The van der Waals surface area contributed by atoms with Crippen LogP contribution >= 0.6 is 0 Å². The minimum absolute atomic E-state index is 0.0625. The third kappa shape index (κ3) is 6.11. The van der Waals surface area contributed by atoms with Crippen LogP contribution in [0.25, 0.3) is 0 Å². The number of hydrogen-bond acceptors (Lipinski definition) is 8. The first kappa shape index (κ1) is 27.3. The Balaban J connectivity index is 1.05. The zero-order valence-corrected chi connectivity index (χ0v) is 23.1. The smallest absolute Gasteiger partial charge is 0.257 e. The molecule has 0 unspecified atom stereocenters. The molecule has 41 heavy (non-hydrogen) atoms. The van der Waals surface area contributed by atoms with Crippen LogP contribution in [0.15, 0.2) is 36.4 Å². The van der Waals surface area contributed by atoms with Crippen molar-refractivity contribution in [2.45, 2.75) is 56.9 Å². The molecule has 2 aromatic rings. The summed E-state index contributed by atoms with van der Waals surface area (Å²) < 4.78 is 28.5. The van der Waals surface area contributed by atoms with Gasteiger partial charge in [0.1, 0.15) is 18.5 Å². The number of carbonyl (C=O) groups excluding carboxylic acids is 3. The van der Waals surface area contributed by atoms with Crippen LogP contribution in [0.1, 0.15) is 48.0 Å². The van der Waals surface area contributed by atoms with E-state index < -0.39 is 0 Å². The summed E-state index contributed by atoms with van der Waals surface area (Å²) in [4.78, 5) is 40.6. The van der Waals surface area contributed by atoms with E-state index in [1.807, 2.05) is 18.2 Å². The lowest BCUT2D eigenvalue weighted by atomic mass is 9.94. The molecule has 2 fully saturated rings. The lowest BCUT2D eigenvalue weighted by Gasteiger charge is -2.42. The molecule has 4 heterocycles. The Morgan fingerprint density at radius 1 is 0.951 bits per heavy atom. The second kappa shape index (κ2) is 12.0. The first-order valence-electron chi connectivity index (χ1n) is 14.2. The molecule has 0 spiro atoms. The molecule has 218 valence electrons. The van der Waals surface area contributed by atoms with E-state index in [9.17, 15) is 14.4 Å². The number of nitrogens with one attached hydrogen (secondary N) is 2. The number of nitrogens with zero attached hydrogens (tertiary/aromatic N) is 1. The van der Waals surface area contributed by atoms with E-state index in [4.69, 9.17) is 23.7 Å². The highest BCUT2D eigenvalue weighted by atomic mass is 16.7. The largest absolute Gasteiger partial charge is 0.490 e. The van der Waals surface area contributed by atoms with E-state index in [2.05, 4.69) is 10.6 Å². The van der Waals surface area contributed by atoms with Crippen LogP contribution in [0.5, 0.6) is 17.2 Å². The molecule has 3 atom stereocenters. The Labute approximate surface area is 238 Å². The molecule has 0 radical (unpaired) electrons. The zero-order valence-electron chi connectivity index (χ0n) is 23.1. The fourth-order valence-electron chi connectivity index (χ4n) is 5.84. The summed E-state index contributed by atoms with van der Waals surface area (Å²) in [6.07, 6.45) is 2.28. The van der Waals surface area contributed by atoms with Gasteiger partial charge in [-0.2, -0.15) is 0 Å². The zero-order chi connectivity index (χ0) is 28.3. The molecule has 2 N–H and O–H groups in total. The first-order chi connectivity index (χ1) is 19.9. The number of likely N-dealkylation sites (N-methyl/N-ethyl adjacent to an activating group) is 1. The van der Waals surface area contributed by atoms with Crippen molar-refractivity contribution in [3.05, 3.63) is 47.5 Å². The molecule has 11 heteroatoms. The minimum Gasteiger partial charge on any atom is -0.490 e. The summed E-state index contributed by atoms with van der Waals surface area (Å²) >= 11 is 0. The molecule has 0 aliphatic carbocycles. The van der Waals surface area contributed by atoms with Gasteiger partial charge in [0.15, 0.2) is 11.5 Å². The van der Waals surface area contributed by atoms with Gasteiger partial charge >= 0.3 is 0 Å². The quantitative estimate of drug-likeness (QED) is 0.548. The maximum absolute atomic E-state index is 13.5. The van der Waals surface area contributed by atoms with Crippen LogP contribution in [0.2, 0.25) is 0 Å². The Hall–Kier alpha value is -3.83. The predicted octanol–water partition coefficient (Wildman–Crippen LogP) is 2.87. The highest BCUT2D eigenvalue weighted by Gasteiger charge is 2.39. The Morgan fingerprint density at radius 2 is 1.76 bits per heavy atom. The van der Waals surface area contributed by atoms with Crippen LogP contribution in [-0.4, -0.2) is 74.5 Å². The van der Waals surface area contributed by atoms with Gasteiger partial charge in [0.25, 0.3) is 5.91 Å². The highest BCUT2D eigenvalue weighted by molar-refractivity contribution is 6.00. The molecule has 3 amide bonds. The van der Waals surface area contributed by atoms with E-state index in [0.29, 0.717) is 73.9 Å². The van der Waals surface area contributed by atoms with Crippen molar-refractivity contribution in [3.63, 3.8) is 0 Å². The van der Waals surface area contributed by atoms with Crippen molar-refractivity contribution in [3.8, 4) is 17.2 Å². The minimum atomic E-state index is -0.370. The molecular formula is C30H35N3O8. The van der Waals surface area contributed by atoms with E-state index in [-0.39, 0.29) is 61.7 Å². The van der Waals surface area contributed by atoms with Gasteiger partial charge < -0.3 is 39.2 Å². The molecule has 6 rings (SSSR count). The number of amides is 3. The Bertz CT molecular complexity index is 1310. The van der Waals surface area contributed by atoms with Crippen molar-refractivity contribution in [1.29, 1.82) is 0 Å². The summed E-state index contributed by atoms with van der Waals surface area (Å²) in [5.74, 6) is 1.36. The number of carbonyl (C=O) groups is 3. The topological polar surface area (TPSA) is 125 Å². The van der Waals surface area contributed by atoms with Crippen LogP contribution < -0.4 is 24.8 Å². The Morgan fingerprint density at radius 3 is 2.61 bits per heavy atom. The van der Waals surface area contributed by atoms with Gasteiger partial charge in [-0.15, -0.1) is 0 Å². The van der Waals surface area contributed by atoms with Crippen molar-refractivity contribution >= 4 is 23.4 Å². The van der Waals surface area contributed by atoms with Gasteiger partial charge in [-0.1, -0.05) is 6.07 Å². The lowest BCUT2D eigenvalue weighted by Crippen LogP contribution is -2.53. The monoisotopic (exact) mass is 565 g/mol. The van der Waals surface area contributed by atoms with Crippen LogP contribution in [0, 0.1) is 5.92 Å². The number of hydrogen-bond donors (Lipinski definition) is 2. The number of benzene rings is 2. The molecule has 11 nitrogen and oxygen atoms in total. The molecule has 0 saturated carbocycles. The second-order valence-corrected chi connectivity index (χ2v) is 10.9. The highest BCUT2D eigenvalue weighted by Crippen LogP contribution is 2.34. The fourth-order valence-corrected chi connectivity index (χ4v) is 5.84. The number of anilines is 1. The molecule has 0 bridgehead atoms. The normalized spacial score (nSPS) is 23.9. The summed E-state index contributed by atoms with van der Waals surface area (Å²) in [6.45, 7) is 1.99. The number of rotatable bonds is 6. The molecule has 4 aliphatic rings. The summed E-state index contributed by atoms with van der Waals surface area (Å²) in [5.41, 5.74) is 1.89. The first-order valence-corrected chi connectivity index (χ1v) is 14.2. The third-order valence-corrected chi connectivity index (χ3v) is 8.21. The van der Waals surface area contributed by atoms with Gasteiger partial charge in [-0.25, -0.2) is 0 Å². The van der Waals surface area contributed by atoms with Crippen molar-refractivity contribution < 1.29 is 38.1 Å². The molecular weight excluding hydrogens is 530 g/mol. The number of ether oxygens (including phenoxy) is 5. The van der Waals surface area contributed by atoms with Gasteiger partial charge in [-0.3, -0.25) is 14.4 Å². The molecule has 4 aliphatic heterocycles. The fraction of sp³-hybridized carbons (Fsp3) is 0.500. The maximum Gasteiger partial charge on any atom is 0.257 e. The van der Waals surface area contributed by atoms with E-state index in [1.165, 1.54) is 0 Å². The van der Waals surface area contributed by atoms with Gasteiger partial charge in [0.2, 0.25) is 18.6 Å². The van der Waals surface area contributed by atoms with Gasteiger partial charge in [0, 0.05) is 38.4 Å². The summed E-state index contributed by atoms with van der Waals surface area (Å²) in [5, 5.41) is 5.90.